The van der Waals surface area contributed by atoms with Crippen LogP contribution < -0.4 is 0 Å². The first kappa shape index (κ1) is 24.3. The number of hydrogen-bond acceptors (Lipinski definition) is 2. The molecule has 1 heterocycles. The van der Waals surface area contributed by atoms with Gasteiger partial charge in [-0.2, -0.15) is 13.2 Å². The van der Waals surface area contributed by atoms with Crippen molar-refractivity contribution >= 4 is 34.4 Å². The molecular formula is C25H17ClF4N2O3. The third kappa shape index (κ3) is 5.00. The molecule has 1 amide bonds. The minimum atomic E-state index is -4.51. The van der Waals surface area contributed by atoms with E-state index in [1.54, 1.807) is 0 Å². The van der Waals surface area contributed by atoms with Crippen molar-refractivity contribution in [3.05, 3.63) is 93.9 Å². The maximum atomic E-state index is 14.0. The zero-order chi connectivity index (χ0) is 25.5. The molecule has 0 saturated heterocycles. The Labute approximate surface area is 201 Å². The molecule has 0 unspecified atom stereocenters. The van der Waals surface area contributed by atoms with Crippen molar-refractivity contribution in [3.8, 4) is 11.1 Å². The lowest BCUT2D eigenvalue weighted by atomic mass is 9.98. The Morgan fingerprint density at radius 3 is 2.43 bits per heavy atom. The van der Waals surface area contributed by atoms with Crippen molar-refractivity contribution in [3.63, 3.8) is 0 Å². The molecule has 0 spiro atoms. The molecule has 0 aliphatic rings. The highest BCUT2D eigenvalue weighted by Gasteiger charge is 2.30. The summed E-state index contributed by atoms with van der Waals surface area (Å²) in [6.07, 6.45) is -4.51. The number of fused-ring (bicyclic) bond motifs is 1. The number of H-pyrrole nitrogens is 1. The van der Waals surface area contributed by atoms with E-state index in [9.17, 15) is 32.3 Å². The lowest BCUT2D eigenvalue weighted by Gasteiger charge is -2.19. The molecule has 180 valence electrons. The average Bonchev–Trinajstić information content (AvgIpc) is 3.22. The van der Waals surface area contributed by atoms with Crippen molar-refractivity contribution in [1.82, 2.24) is 9.88 Å². The van der Waals surface area contributed by atoms with Gasteiger partial charge in [-0.15, -0.1) is 0 Å². The molecule has 4 aromatic rings. The predicted octanol–water partition coefficient (Wildman–Crippen LogP) is 6.62. The van der Waals surface area contributed by atoms with Crippen LogP contribution in [0.15, 0.2) is 60.7 Å². The topological polar surface area (TPSA) is 73.4 Å². The van der Waals surface area contributed by atoms with E-state index in [0.717, 1.165) is 12.1 Å². The van der Waals surface area contributed by atoms with Crippen LogP contribution in [0.5, 0.6) is 0 Å². The molecule has 1 aromatic heterocycles. The molecule has 0 bridgehead atoms. The van der Waals surface area contributed by atoms with Crippen molar-refractivity contribution in [2.24, 2.45) is 0 Å². The summed E-state index contributed by atoms with van der Waals surface area (Å²) >= 11 is 6.07. The summed E-state index contributed by atoms with van der Waals surface area (Å²) in [7, 11) is 1.50. The minimum Gasteiger partial charge on any atom is -0.478 e. The molecule has 10 heteroatoms. The number of nitrogens with one attached hydrogen (secondary N) is 1. The second-order valence-electron chi connectivity index (χ2n) is 7.95. The summed E-state index contributed by atoms with van der Waals surface area (Å²) in [5.41, 5.74) is 0.759. The van der Waals surface area contributed by atoms with Crippen LogP contribution in [0.1, 0.15) is 32.0 Å². The largest absolute Gasteiger partial charge is 0.478 e. The Balaban J connectivity index is 1.63. The van der Waals surface area contributed by atoms with Gasteiger partial charge in [-0.1, -0.05) is 29.8 Å². The molecule has 35 heavy (non-hydrogen) atoms. The summed E-state index contributed by atoms with van der Waals surface area (Å²) in [6, 6.07) is 12.8. The first-order valence-electron chi connectivity index (χ1n) is 10.2. The molecule has 4 rings (SSSR count). The summed E-state index contributed by atoms with van der Waals surface area (Å²) in [5.74, 6) is -2.22. The minimum absolute atomic E-state index is 0.0223. The number of aromatic amines is 1. The van der Waals surface area contributed by atoms with Crippen LogP contribution >= 0.6 is 11.6 Å². The van der Waals surface area contributed by atoms with Crippen LogP contribution in [0.2, 0.25) is 5.02 Å². The number of hydrogen-bond donors (Lipinski definition) is 2. The number of aromatic nitrogens is 1. The molecule has 0 fully saturated rings. The van der Waals surface area contributed by atoms with Crippen molar-refractivity contribution in [2.45, 2.75) is 12.7 Å². The normalized spacial score (nSPS) is 11.6. The van der Waals surface area contributed by atoms with Crippen LogP contribution in [0, 0.1) is 5.82 Å². The number of benzene rings is 3. The first-order chi connectivity index (χ1) is 16.4. The third-order valence-corrected chi connectivity index (χ3v) is 5.83. The lowest BCUT2D eigenvalue weighted by Crippen LogP contribution is -2.26. The van der Waals surface area contributed by atoms with Gasteiger partial charge >= 0.3 is 12.1 Å². The Morgan fingerprint density at radius 2 is 1.77 bits per heavy atom. The van der Waals surface area contributed by atoms with E-state index in [2.05, 4.69) is 4.98 Å². The predicted molar refractivity (Wildman–Crippen MR) is 123 cm³/mol. The number of nitrogens with zero attached hydrogens (tertiary/aromatic N) is 1. The van der Waals surface area contributed by atoms with E-state index in [4.69, 9.17) is 11.6 Å². The van der Waals surface area contributed by atoms with Gasteiger partial charge in [0.05, 0.1) is 16.1 Å². The van der Waals surface area contributed by atoms with Gasteiger partial charge in [0.15, 0.2) is 0 Å². The smallest absolute Gasteiger partial charge is 0.416 e. The molecule has 0 aliphatic heterocycles. The van der Waals surface area contributed by atoms with E-state index < -0.39 is 29.4 Å². The maximum Gasteiger partial charge on any atom is 0.416 e. The van der Waals surface area contributed by atoms with Gasteiger partial charge in [-0.3, -0.25) is 4.79 Å². The number of carbonyl (C=O) groups excluding carboxylic acids is 1. The van der Waals surface area contributed by atoms with Crippen LogP contribution in [0.4, 0.5) is 17.6 Å². The molecule has 5 nitrogen and oxygen atoms in total. The second kappa shape index (κ2) is 9.07. The fourth-order valence-electron chi connectivity index (χ4n) is 3.76. The third-order valence-electron chi connectivity index (χ3n) is 5.52. The highest BCUT2D eigenvalue weighted by atomic mass is 35.5. The number of rotatable bonds is 5. The molecule has 2 N–H and O–H groups in total. The van der Waals surface area contributed by atoms with Crippen LogP contribution in [0.25, 0.3) is 22.0 Å². The maximum absolute atomic E-state index is 14.0. The van der Waals surface area contributed by atoms with E-state index in [0.29, 0.717) is 22.1 Å². The van der Waals surface area contributed by atoms with E-state index >= 15 is 0 Å². The number of carboxylic acid groups (broad SMARTS) is 1. The number of alkyl halides is 3. The Kier molecular flexibility index (Phi) is 6.29. The number of amides is 1. The quantitative estimate of drug-likeness (QED) is 0.300. The number of carboxylic acids is 1. The summed E-state index contributed by atoms with van der Waals surface area (Å²) in [4.78, 5) is 28.3. The molecule has 0 aliphatic carbocycles. The highest BCUT2D eigenvalue weighted by Crippen LogP contribution is 2.32. The van der Waals surface area contributed by atoms with Crippen molar-refractivity contribution < 1.29 is 32.3 Å². The number of halogens is 5. The summed E-state index contributed by atoms with van der Waals surface area (Å²) < 4.78 is 53.0. The Morgan fingerprint density at radius 1 is 1.03 bits per heavy atom. The monoisotopic (exact) mass is 504 g/mol. The SMILES string of the molecule is CN(Cc1ccc(F)cc1-c1ccc(C(=O)O)c(Cl)c1)C(=O)c1cc2ccc(C(F)(F)F)cc2[nH]1. The van der Waals surface area contributed by atoms with Gasteiger partial charge in [-0.25, -0.2) is 9.18 Å². The number of carbonyl (C=O) groups is 2. The van der Waals surface area contributed by atoms with Crippen LogP contribution in [-0.2, 0) is 12.7 Å². The van der Waals surface area contributed by atoms with E-state index in [1.807, 2.05) is 0 Å². The fourth-order valence-corrected chi connectivity index (χ4v) is 4.02. The standard InChI is InChI=1S/C25H17ClF4N2O3/c1-32(23(33)22-9-14-2-5-16(25(28,29)30)10-21(14)31-22)12-15-3-6-17(27)11-19(15)13-4-7-18(24(34)35)20(26)8-13/h2-11,31H,12H2,1H3,(H,34,35). The Hall–Kier alpha value is -3.85. The molecule has 0 saturated carbocycles. The van der Waals surface area contributed by atoms with E-state index in [-0.39, 0.29) is 28.3 Å². The average molecular weight is 505 g/mol. The second-order valence-corrected chi connectivity index (χ2v) is 8.35. The van der Waals surface area contributed by atoms with Crippen LogP contribution in [-0.4, -0.2) is 33.9 Å². The van der Waals surface area contributed by atoms with Gasteiger partial charge in [0.2, 0.25) is 0 Å². The zero-order valence-electron chi connectivity index (χ0n) is 18.1. The van der Waals surface area contributed by atoms with E-state index in [1.165, 1.54) is 60.5 Å². The fraction of sp³-hybridized carbons (Fsp3) is 0.120. The van der Waals surface area contributed by atoms with Gasteiger partial charge in [0.25, 0.3) is 5.91 Å². The molecular weight excluding hydrogens is 488 g/mol. The van der Waals surface area contributed by atoms with Gasteiger partial charge in [0, 0.05) is 24.5 Å². The van der Waals surface area contributed by atoms with Crippen molar-refractivity contribution in [1.29, 1.82) is 0 Å². The van der Waals surface area contributed by atoms with Crippen LogP contribution in [0.3, 0.4) is 0 Å². The summed E-state index contributed by atoms with van der Waals surface area (Å²) in [5, 5.41) is 9.60. The summed E-state index contributed by atoms with van der Waals surface area (Å²) in [6.45, 7) is 0.0376. The highest BCUT2D eigenvalue weighted by molar-refractivity contribution is 6.33. The zero-order valence-corrected chi connectivity index (χ0v) is 18.8. The van der Waals surface area contributed by atoms with Gasteiger partial charge in [0.1, 0.15) is 11.5 Å². The molecule has 3 aromatic carbocycles. The van der Waals surface area contributed by atoms with Gasteiger partial charge in [-0.05, 0) is 59.2 Å². The lowest BCUT2D eigenvalue weighted by molar-refractivity contribution is -0.137. The Bertz CT molecular complexity index is 1460. The molecule has 0 atom stereocenters. The van der Waals surface area contributed by atoms with Crippen molar-refractivity contribution in [2.75, 3.05) is 7.05 Å². The molecule has 0 radical (unpaired) electrons. The first-order valence-corrected chi connectivity index (χ1v) is 10.6. The van der Waals surface area contributed by atoms with Gasteiger partial charge < -0.3 is 15.0 Å². The number of aromatic carboxylic acids is 1.